The van der Waals surface area contributed by atoms with Crippen molar-refractivity contribution in [3.8, 4) is 0 Å². The van der Waals surface area contributed by atoms with Crippen molar-refractivity contribution in [3.05, 3.63) is 37.9 Å². The molecule has 2 rings (SSSR count). The van der Waals surface area contributed by atoms with Gasteiger partial charge >= 0.3 is 0 Å². The number of aromatic nitrogens is 1. The molecule has 0 radical (unpaired) electrons. The van der Waals surface area contributed by atoms with E-state index in [1.807, 2.05) is 0 Å². The Morgan fingerprint density at radius 3 is 2.86 bits per heavy atom. The highest BCUT2D eigenvalue weighted by Gasteiger charge is 2.15. The van der Waals surface area contributed by atoms with Gasteiger partial charge in [0.15, 0.2) is 0 Å². The lowest BCUT2D eigenvalue weighted by atomic mass is 10.2. The fraction of sp³-hybridized carbons (Fsp3) is 0. The minimum atomic E-state index is -0.445. The first-order chi connectivity index (χ1) is 6.59. The van der Waals surface area contributed by atoms with E-state index in [0.717, 1.165) is 0 Å². The molecule has 0 amide bonds. The molecule has 72 valence electrons. The number of nitro benzene ring substituents is 1. The van der Waals surface area contributed by atoms with E-state index in [1.165, 1.54) is 12.3 Å². The molecule has 0 spiro atoms. The second kappa shape index (κ2) is 3.25. The highest BCUT2D eigenvalue weighted by Crippen LogP contribution is 2.33. The number of hydrogen-bond acceptors (Lipinski definition) is 2. The standard InChI is InChI=1S/C8H4BrClN2O2/c9-4-1-5-6(10)3-11-8(5)7(2-4)12(13)14/h1-3,11H. The van der Waals surface area contributed by atoms with E-state index in [-0.39, 0.29) is 5.69 Å². The van der Waals surface area contributed by atoms with Crippen LogP contribution < -0.4 is 0 Å². The Bertz CT molecular complexity index is 523. The van der Waals surface area contributed by atoms with Gasteiger partial charge in [-0.1, -0.05) is 27.5 Å². The Balaban J connectivity index is 2.88. The van der Waals surface area contributed by atoms with Crippen LogP contribution in [0.2, 0.25) is 5.02 Å². The molecule has 0 unspecified atom stereocenters. The topological polar surface area (TPSA) is 58.9 Å². The number of nitrogens with zero attached hydrogens (tertiary/aromatic N) is 1. The number of halogens is 2. The van der Waals surface area contributed by atoms with Gasteiger partial charge in [-0.2, -0.15) is 0 Å². The molecule has 1 N–H and O–H groups in total. The molecule has 1 aromatic heterocycles. The van der Waals surface area contributed by atoms with Crippen molar-refractivity contribution in [2.75, 3.05) is 0 Å². The molecule has 1 aromatic carbocycles. The van der Waals surface area contributed by atoms with Crippen LogP contribution in [0.5, 0.6) is 0 Å². The van der Waals surface area contributed by atoms with E-state index in [4.69, 9.17) is 11.6 Å². The maximum atomic E-state index is 10.7. The summed E-state index contributed by atoms with van der Waals surface area (Å²) in [7, 11) is 0. The molecular formula is C8H4BrClN2O2. The zero-order chi connectivity index (χ0) is 10.3. The van der Waals surface area contributed by atoms with Crippen LogP contribution in [0.15, 0.2) is 22.8 Å². The summed E-state index contributed by atoms with van der Waals surface area (Å²) in [5.41, 5.74) is 0.462. The number of H-pyrrole nitrogens is 1. The van der Waals surface area contributed by atoms with Gasteiger partial charge in [0.1, 0.15) is 5.52 Å². The third-order valence-corrected chi connectivity index (χ3v) is 2.65. The second-order valence-corrected chi connectivity index (χ2v) is 4.06. The van der Waals surface area contributed by atoms with Crippen LogP contribution in [0, 0.1) is 10.1 Å². The van der Waals surface area contributed by atoms with Crippen LogP contribution in [0.25, 0.3) is 10.9 Å². The maximum Gasteiger partial charge on any atom is 0.294 e. The molecule has 0 saturated heterocycles. The molecule has 1 heterocycles. The number of fused-ring (bicyclic) bond motifs is 1. The number of aromatic amines is 1. The molecule has 0 aliphatic heterocycles. The normalized spacial score (nSPS) is 10.7. The average Bonchev–Trinajstić information content (AvgIpc) is 2.47. The van der Waals surface area contributed by atoms with E-state index in [0.29, 0.717) is 20.4 Å². The molecule has 0 atom stereocenters. The largest absolute Gasteiger partial charge is 0.354 e. The van der Waals surface area contributed by atoms with Gasteiger partial charge in [-0.3, -0.25) is 10.1 Å². The minimum Gasteiger partial charge on any atom is -0.354 e. The summed E-state index contributed by atoms with van der Waals surface area (Å²) in [4.78, 5) is 13.0. The van der Waals surface area contributed by atoms with Crippen LogP contribution >= 0.6 is 27.5 Å². The smallest absolute Gasteiger partial charge is 0.294 e. The SMILES string of the molecule is O=[N+]([O-])c1cc(Br)cc2c(Cl)c[nH]c12. The Morgan fingerprint density at radius 1 is 1.50 bits per heavy atom. The lowest BCUT2D eigenvalue weighted by molar-refractivity contribution is -0.383. The van der Waals surface area contributed by atoms with Crippen LogP contribution in [-0.2, 0) is 0 Å². The van der Waals surface area contributed by atoms with E-state index in [2.05, 4.69) is 20.9 Å². The lowest BCUT2D eigenvalue weighted by Gasteiger charge is -1.95. The molecule has 0 fully saturated rings. The van der Waals surface area contributed by atoms with Crippen LogP contribution in [-0.4, -0.2) is 9.91 Å². The molecule has 0 saturated carbocycles. The Labute approximate surface area is 92.1 Å². The number of nitrogens with one attached hydrogen (secondary N) is 1. The van der Waals surface area contributed by atoms with E-state index in [1.54, 1.807) is 6.07 Å². The molecule has 4 nitrogen and oxygen atoms in total. The van der Waals surface area contributed by atoms with E-state index >= 15 is 0 Å². The average molecular weight is 275 g/mol. The second-order valence-electron chi connectivity index (χ2n) is 2.74. The summed E-state index contributed by atoms with van der Waals surface area (Å²) in [5, 5.41) is 11.8. The van der Waals surface area contributed by atoms with Crippen molar-refractivity contribution < 1.29 is 4.92 Å². The maximum absolute atomic E-state index is 10.7. The van der Waals surface area contributed by atoms with Crippen molar-refractivity contribution in [2.24, 2.45) is 0 Å². The summed E-state index contributed by atoms with van der Waals surface area (Å²) in [6, 6.07) is 3.18. The predicted octanol–water partition coefficient (Wildman–Crippen LogP) is 3.49. The van der Waals surface area contributed by atoms with Crippen LogP contribution in [0.4, 0.5) is 5.69 Å². The van der Waals surface area contributed by atoms with Crippen molar-refractivity contribution in [1.82, 2.24) is 4.98 Å². The number of benzene rings is 1. The van der Waals surface area contributed by atoms with Gasteiger partial charge in [0, 0.05) is 22.1 Å². The minimum absolute atomic E-state index is 0.0151. The van der Waals surface area contributed by atoms with Gasteiger partial charge in [0.2, 0.25) is 0 Å². The zero-order valence-corrected chi connectivity index (χ0v) is 9.09. The Morgan fingerprint density at radius 2 is 2.21 bits per heavy atom. The Kier molecular flexibility index (Phi) is 2.20. The van der Waals surface area contributed by atoms with Gasteiger partial charge < -0.3 is 4.98 Å². The first kappa shape index (κ1) is 9.48. The first-order valence-electron chi connectivity index (χ1n) is 3.70. The lowest BCUT2D eigenvalue weighted by Crippen LogP contribution is -1.89. The van der Waals surface area contributed by atoms with Gasteiger partial charge in [-0.25, -0.2) is 0 Å². The zero-order valence-electron chi connectivity index (χ0n) is 6.75. The van der Waals surface area contributed by atoms with E-state index < -0.39 is 4.92 Å². The molecule has 6 heteroatoms. The third-order valence-electron chi connectivity index (χ3n) is 1.88. The van der Waals surface area contributed by atoms with E-state index in [9.17, 15) is 10.1 Å². The molecule has 0 aliphatic rings. The highest BCUT2D eigenvalue weighted by atomic mass is 79.9. The van der Waals surface area contributed by atoms with Crippen molar-refractivity contribution >= 4 is 44.1 Å². The molecule has 2 aromatic rings. The number of hydrogen-bond donors (Lipinski definition) is 1. The van der Waals surface area contributed by atoms with Crippen LogP contribution in [0.1, 0.15) is 0 Å². The predicted molar refractivity (Wildman–Crippen MR) is 57.7 cm³/mol. The van der Waals surface area contributed by atoms with Crippen molar-refractivity contribution in [3.63, 3.8) is 0 Å². The van der Waals surface area contributed by atoms with Gasteiger partial charge in [-0.15, -0.1) is 0 Å². The monoisotopic (exact) mass is 274 g/mol. The quantitative estimate of drug-likeness (QED) is 0.639. The molecule has 0 aliphatic carbocycles. The third kappa shape index (κ3) is 1.38. The fourth-order valence-electron chi connectivity index (χ4n) is 1.29. The Hall–Kier alpha value is -1.07. The molecular weight excluding hydrogens is 271 g/mol. The number of non-ortho nitro benzene ring substituents is 1. The number of nitro groups is 1. The number of rotatable bonds is 1. The molecule has 0 bridgehead atoms. The summed E-state index contributed by atoms with van der Waals surface area (Å²) in [6.07, 6.45) is 1.53. The first-order valence-corrected chi connectivity index (χ1v) is 4.87. The molecule has 14 heavy (non-hydrogen) atoms. The van der Waals surface area contributed by atoms with Gasteiger partial charge in [0.05, 0.1) is 9.95 Å². The van der Waals surface area contributed by atoms with Gasteiger partial charge in [-0.05, 0) is 6.07 Å². The fourth-order valence-corrected chi connectivity index (χ4v) is 1.94. The van der Waals surface area contributed by atoms with Crippen molar-refractivity contribution in [2.45, 2.75) is 0 Å². The highest BCUT2D eigenvalue weighted by molar-refractivity contribution is 9.10. The van der Waals surface area contributed by atoms with Crippen LogP contribution in [0.3, 0.4) is 0 Å². The summed E-state index contributed by atoms with van der Waals surface area (Å²) < 4.78 is 0.637. The van der Waals surface area contributed by atoms with Crippen molar-refractivity contribution in [1.29, 1.82) is 0 Å². The summed E-state index contributed by atoms with van der Waals surface area (Å²) in [6.45, 7) is 0. The van der Waals surface area contributed by atoms with Gasteiger partial charge in [0.25, 0.3) is 5.69 Å². The summed E-state index contributed by atoms with van der Waals surface area (Å²) in [5.74, 6) is 0. The summed E-state index contributed by atoms with van der Waals surface area (Å²) >= 11 is 9.04.